The van der Waals surface area contributed by atoms with E-state index in [4.69, 9.17) is 19.9 Å². The predicted molar refractivity (Wildman–Crippen MR) is 85.7 cm³/mol. The van der Waals surface area contributed by atoms with Crippen molar-refractivity contribution in [3.05, 3.63) is 0 Å². The Labute approximate surface area is 132 Å². The van der Waals surface area contributed by atoms with Crippen molar-refractivity contribution in [3.63, 3.8) is 0 Å². The number of nitrogens with two attached hydrogens (primary N) is 1. The van der Waals surface area contributed by atoms with Crippen molar-refractivity contribution in [3.8, 4) is 0 Å². The number of ether oxygens (including phenoxy) is 3. The van der Waals surface area contributed by atoms with Crippen LogP contribution in [0.3, 0.4) is 0 Å². The summed E-state index contributed by atoms with van der Waals surface area (Å²) in [5.41, 5.74) is 6.63. The van der Waals surface area contributed by atoms with Crippen LogP contribution in [0.15, 0.2) is 0 Å². The maximum absolute atomic E-state index is 6.72. The number of hydrogen-bond donors (Lipinski definition) is 1. The fourth-order valence-electron chi connectivity index (χ4n) is 4.28. The number of rotatable bonds is 3. The molecule has 0 bridgehead atoms. The molecule has 0 aromatic carbocycles. The van der Waals surface area contributed by atoms with Gasteiger partial charge in [-0.25, -0.2) is 0 Å². The topological polar surface area (TPSA) is 53.7 Å². The van der Waals surface area contributed by atoms with E-state index in [0.29, 0.717) is 5.92 Å². The highest BCUT2D eigenvalue weighted by atomic mass is 32.2. The maximum atomic E-state index is 6.72. The lowest BCUT2D eigenvalue weighted by Crippen LogP contribution is -2.59. The quantitative estimate of drug-likeness (QED) is 0.865. The van der Waals surface area contributed by atoms with Gasteiger partial charge >= 0.3 is 0 Å². The van der Waals surface area contributed by atoms with Gasteiger partial charge in [0, 0.05) is 45.8 Å². The maximum Gasteiger partial charge on any atom is 0.0875 e. The first-order valence-corrected chi connectivity index (χ1v) is 9.45. The SMILES string of the molecule is COC1(C(N)C2CCOC3(CCSCC3)C2)CCOCC1. The standard InChI is InChI=1S/C16H29NO3S/c1-18-16(3-8-19-9-4-16)14(17)13-2-7-20-15(12-13)5-10-21-11-6-15/h13-14H,2-12,17H2,1H3. The van der Waals surface area contributed by atoms with E-state index < -0.39 is 0 Å². The third-order valence-corrected chi connectivity index (χ3v) is 6.78. The average Bonchev–Trinajstić information content (AvgIpc) is 2.55. The first-order valence-electron chi connectivity index (χ1n) is 8.30. The Bertz CT molecular complexity index is 335. The highest BCUT2D eigenvalue weighted by Crippen LogP contribution is 2.43. The van der Waals surface area contributed by atoms with E-state index in [2.05, 4.69) is 11.8 Å². The van der Waals surface area contributed by atoms with Crippen LogP contribution in [0, 0.1) is 5.92 Å². The van der Waals surface area contributed by atoms with Crippen molar-refractivity contribution in [1.82, 2.24) is 0 Å². The van der Waals surface area contributed by atoms with Crippen molar-refractivity contribution in [2.45, 2.75) is 55.8 Å². The van der Waals surface area contributed by atoms with Gasteiger partial charge in [0.1, 0.15) is 0 Å². The van der Waals surface area contributed by atoms with Crippen molar-refractivity contribution in [1.29, 1.82) is 0 Å². The predicted octanol–water partition coefficient (Wildman–Crippen LogP) is 2.20. The third kappa shape index (κ3) is 3.27. The minimum absolute atomic E-state index is 0.0988. The van der Waals surface area contributed by atoms with Gasteiger partial charge in [0.15, 0.2) is 0 Å². The summed E-state index contributed by atoms with van der Waals surface area (Å²) in [5.74, 6) is 2.97. The van der Waals surface area contributed by atoms with Gasteiger partial charge in [0.2, 0.25) is 0 Å². The molecule has 0 amide bonds. The second kappa shape index (κ2) is 6.75. The third-order valence-electron chi connectivity index (χ3n) is 5.80. The molecule has 0 saturated carbocycles. The first-order chi connectivity index (χ1) is 10.2. The Morgan fingerprint density at radius 2 is 1.86 bits per heavy atom. The summed E-state index contributed by atoms with van der Waals surface area (Å²) in [6, 6.07) is 0.0988. The van der Waals surface area contributed by atoms with Crippen molar-refractivity contribution in [2.24, 2.45) is 11.7 Å². The lowest BCUT2D eigenvalue weighted by Gasteiger charge is -2.49. The molecule has 0 aromatic rings. The largest absolute Gasteiger partial charge is 0.381 e. The van der Waals surface area contributed by atoms with E-state index in [1.807, 2.05) is 7.11 Å². The molecule has 3 fully saturated rings. The number of hydrogen-bond acceptors (Lipinski definition) is 5. The van der Waals surface area contributed by atoms with Gasteiger partial charge in [-0.15, -0.1) is 0 Å². The van der Waals surface area contributed by atoms with E-state index in [1.54, 1.807) is 0 Å². The summed E-state index contributed by atoms with van der Waals surface area (Å²) in [4.78, 5) is 0. The molecule has 3 aliphatic heterocycles. The van der Waals surface area contributed by atoms with Crippen LogP contribution in [0.25, 0.3) is 0 Å². The summed E-state index contributed by atoms with van der Waals surface area (Å²) < 4.78 is 17.6. The highest BCUT2D eigenvalue weighted by molar-refractivity contribution is 7.99. The van der Waals surface area contributed by atoms with Gasteiger partial charge in [-0.1, -0.05) is 0 Å². The average molecular weight is 315 g/mol. The molecule has 4 nitrogen and oxygen atoms in total. The molecule has 5 heteroatoms. The molecular formula is C16H29NO3S. The molecule has 2 unspecified atom stereocenters. The molecule has 3 heterocycles. The number of methoxy groups -OCH3 is 1. The second-order valence-corrected chi connectivity index (χ2v) is 8.03. The van der Waals surface area contributed by atoms with Crippen molar-refractivity contribution >= 4 is 11.8 Å². The molecule has 3 aliphatic rings. The van der Waals surface area contributed by atoms with Crippen molar-refractivity contribution in [2.75, 3.05) is 38.4 Å². The van der Waals surface area contributed by atoms with Gasteiger partial charge in [-0.3, -0.25) is 0 Å². The van der Waals surface area contributed by atoms with E-state index in [9.17, 15) is 0 Å². The molecule has 122 valence electrons. The van der Waals surface area contributed by atoms with E-state index >= 15 is 0 Å². The van der Waals surface area contributed by atoms with Crippen molar-refractivity contribution < 1.29 is 14.2 Å². The molecule has 0 radical (unpaired) electrons. The second-order valence-electron chi connectivity index (χ2n) is 6.80. The Hall–Kier alpha value is 0.190. The Kier molecular flexibility index (Phi) is 5.16. The lowest BCUT2D eigenvalue weighted by molar-refractivity contribution is -0.145. The highest BCUT2D eigenvalue weighted by Gasteiger charge is 2.47. The summed E-state index contributed by atoms with van der Waals surface area (Å²) >= 11 is 2.05. The van der Waals surface area contributed by atoms with Gasteiger partial charge < -0.3 is 19.9 Å². The summed E-state index contributed by atoms with van der Waals surface area (Å²) in [7, 11) is 1.82. The van der Waals surface area contributed by atoms with E-state index in [1.165, 1.54) is 24.3 Å². The molecule has 0 aliphatic carbocycles. The molecule has 0 aromatic heterocycles. The van der Waals surface area contributed by atoms with Gasteiger partial charge in [-0.2, -0.15) is 11.8 Å². The van der Waals surface area contributed by atoms with Crippen LogP contribution in [0.4, 0.5) is 0 Å². The van der Waals surface area contributed by atoms with Gasteiger partial charge in [0.05, 0.1) is 11.2 Å². The fraction of sp³-hybridized carbons (Fsp3) is 1.00. The van der Waals surface area contributed by atoms with Crippen LogP contribution < -0.4 is 5.73 Å². The molecule has 2 N–H and O–H groups in total. The lowest BCUT2D eigenvalue weighted by atomic mass is 9.72. The first kappa shape index (κ1) is 16.1. The van der Waals surface area contributed by atoms with Crippen LogP contribution in [0.5, 0.6) is 0 Å². The summed E-state index contributed by atoms with van der Waals surface area (Å²) in [6.07, 6.45) is 6.40. The van der Waals surface area contributed by atoms with E-state index in [0.717, 1.165) is 45.5 Å². The van der Waals surface area contributed by atoms with Crippen LogP contribution in [0.1, 0.15) is 38.5 Å². The van der Waals surface area contributed by atoms with Crippen LogP contribution in [-0.2, 0) is 14.2 Å². The minimum Gasteiger partial charge on any atom is -0.381 e. The Morgan fingerprint density at radius 1 is 1.14 bits per heavy atom. The van der Waals surface area contributed by atoms with Crippen LogP contribution in [-0.4, -0.2) is 55.7 Å². The van der Waals surface area contributed by atoms with Gasteiger partial charge in [-0.05, 0) is 43.1 Å². The van der Waals surface area contributed by atoms with Crippen LogP contribution >= 0.6 is 11.8 Å². The minimum atomic E-state index is -0.190. The zero-order valence-electron chi connectivity index (χ0n) is 13.1. The number of thioether (sulfide) groups is 1. The zero-order valence-corrected chi connectivity index (χ0v) is 14.0. The monoisotopic (exact) mass is 315 g/mol. The van der Waals surface area contributed by atoms with Gasteiger partial charge in [0.25, 0.3) is 0 Å². The Morgan fingerprint density at radius 3 is 2.52 bits per heavy atom. The van der Waals surface area contributed by atoms with Crippen LogP contribution in [0.2, 0.25) is 0 Å². The molecule has 21 heavy (non-hydrogen) atoms. The zero-order chi connectivity index (χ0) is 14.8. The smallest absolute Gasteiger partial charge is 0.0875 e. The molecule has 3 saturated heterocycles. The molecule has 1 spiro atoms. The molecule has 2 atom stereocenters. The fourth-order valence-corrected chi connectivity index (χ4v) is 5.52. The molecule has 3 rings (SSSR count). The Balaban J connectivity index is 1.69. The normalized spacial score (nSPS) is 33.7. The van der Waals surface area contributed by atoms with E-state index in [-0.39, 0.29) is 17.2 Å². The molecular weight excluding hydrogens is 286 g/mol. The summed E-state index contributed by atoms with van der Waals surface area (Å²) in [6.45, 7) is 2.40. The summed E-state index contributed by atoms with van der Waals surface area (Å²) in [5, 5.41) is 0.